The van der Waals surface area contributed by atoms with E-state index in [4.69, 9.17) is 21.1 Å². The van der Waals surface area contributed by atoms with Crippen molar-refractivity contribution in [3.63, 3.8) is 0 Å². The Kier molecular flexibility index (Phi) is 6.57. The minimum Gasteiger partial charge on any atom is -0.464 e. The summed E-state index contributed by atoms with van der Waals surface area (Å²) in [6, 6.07) is 4.95. The van der Waals surface area contributed by atoms with E-state index in [9.17, 15) is 18.0 Å². The van der Waals surface area contributed by atoms with Crippen LogP contribution in [0.4, 0.5) is 4.79 Å². The SMILES string of the molecule is COC(=O)c1ccc(-c2cc(Cl)c([C@]3(C)CS(=O)(=O)N(C)C(NC(=O)OC(C)(C)C)=N3)s2)[nH]1. The number of sulfonamides is 1. The van der Waals surface area contributed by atoms with Gasteiger partial charge in [-0.15, -0.1) is 11.3 Å². The van der Waals surface area contributed by atoms with Gasteiger partial charge in [-0.1, -0.05) is 11.6 Å². The molecule has 0 fully saturated rings. The maximum absolute atomic E-state index is 12.9. The van der Waals surface area contributed by atoms with Crippen LogP contribution in [0.2, 0.25) is 5.02 Å². The fourth-order valence-electron chi connectivity index (χ4n) is 3.17. The van der Waals surface area contributed by atoms with E-state index in [2.05, 4.69) is 15.3 Å². The highest BCUT2D eigenvalue weighted by atomic mass is 35.5. The maximum atomic E-state index is 12.9. The van der Waals surface area contributed by atoms with Gasteiger partial charge in [0.2, 0.25) is 16.0 Å². The molecule has 0 saturated carbocycles. The molecule has 3 rings (SSSR count). The van der Waals surface area contributed by atoms with E-state index in [0.717, 1.165) is 4.31 Å². The molecule has 2 aromatic heterocycles. The van der Waals surface area contributed by atoms with Crippen LogP contribution >= 0.6 is 22.9 Å². The summed E-state index contributed by atoms with van der Waals surface area (Å²) in [6.07, 6.45) is -0.827. The number of rotatable bonds is 3. The Hall–Kier alpha value is -2.57. The molecule has 33 heavy (non-hydrogen) atoms. The molecule has 1 amide bonds. The molecule has 0 spiro atoms. The van der Waals surface area contributed by atoms with Crippen LogP contribution in [-0.2, 0) is 25.0 Å². The Morgan fingerprint density at radius 2 is 2.00 bits per heavy atom. The largest absolute Gasteiger partial charge is 0.464 e. The lowest BCUT2D eigenvalue weighted by molar-refractivity contribution is 0.0556. The van der Waals surface area contributed by atoms with Gasteiger partial charge in [0, 0.05) is 7.05 Å². The second-order valence-corrected chi connectivity index (χ2v) is 12.1. The van der Waals surface area contributed by atoms with E-state index in [1.54, 1.807) is 45.9 Å². The summed E-state index contributed by atoms with van der Waals surface area (Å²) >= 11 is 7.73. The number of methoxy groups -OCH3 is 1. The minimum absolute atomic E-state index is 0.170. The predicted molar refractivity (Wildman–Crippen MR) is 126 cm³/mol. The molecule has 1 aliphatic heterocycles. The molecule has 2 aromatic rings. The van der Waals surface area contributed by atoms with E-state index in [-0.39, 0.29) is 17.4 Å². The molecule has 13 heteroatoms. The van der Waals surface area contributed by atoms with Crippen molar-refractivity contribution >= 4 is 51.0 Å². The van der Waals surface area contributed by atoms with Gasteiger partial charge in [0.1, 0.15) is 16.8 Å². The molecule has 0 radical (unpaired) electrons. The molecule has 0 bridgehead atoms. The Balaban J connectivity index is 2.00. The number of hydrogen-bond donors (Lipinski definition) is 2. The standard InChI is InChI=1S/C20H25ClN4O6S2/c1-19(2,3)31-18(27)23-17-24-20(4,10-33(28,29)25(17)5)15-11(21)9-14(32-15)12-7-8-13(22-12)16(26)30-6/h7-9,22H,10H2,1-6H3,(H,23,24,27)/t20-/m0/s1. The van der Waals surface area contributed by atoms with Gasteiger partial charge in [-0.25, -0.2) is 27.3 Å². The minimum atomic E-state index is -3.83. The molecule has 1 atom stereocenters. The summed E-state index contributed by atoms with van der Waals surface area (Å²) in [5, 5.41) is 2.74. The van der Waals surface area contributed by atoms with Crippen molar-refractivity contribution in [2.45, 2.75) is 38.8 Å². The number of esters is 1. The molecule has 3 heterocycles. The molecule has 0 aliphatic carbocycles. The fraction of sp³-hybridized carbons (Fsp3) is 0.450. The van der Waals surface area contributed by atoms with Gasteiger partial charge in [0.15, 0.2) is 0 Å². The number of guanidine groups is 1. The third-order valence-electron chi connectivity index (χ3n) is 4.68. The van der Waals surface area contributed by atoms with Gasteiger partial charge >= 0.3 is 12.1 Å². The lowest BCUT2D eigenvalue weighted by Gasteiger charge is -2.35. The van der Waals surface area contributed by atoms with E-state index in [1.165, 1.54) is 25.5 Å². The van der Waals surface area contributed by atoms with Crippen LogP contribution < -0.4 is 5.32 Å². The normalized spacial score (nSPS) is 20.2. The number of nitrogens with zero attached hydrogens (tertiary/aromatic N) is 2. The number of carbonyl (C=O) groups is 2. The van der Waals surface area contributed by atoms with Crippen LogP contribution in [0.3, 0.4) is 0 Å². The molecular formula is C20H25ClN4O6S2. The van der Waals surface area contributed by atoms with Gasteiger partial charge in [0.05, 0.1) is 33.3 Å². The predicted octanol–water partition coefficient (Wildman–Crippen LogP) is 3.55. The van der Waals surface area contributed by atoms with E-state index in [0.29, 0.717) is 20.5 Å². The summed E-state index contributed by atoms with van der Waals surface area (Å²) in [7, 11) is -1.24. The van der Waals surface area contributed by atoms with Crippen LogP contribution in [0, 0.1) is 0 Å². The molecular weight excluding hydrogens is 492 g/mol. The van der Waals surface area contributed by atoms with Crippen molar-refractivity contribution < 1.29 is 27.5 Å². The van der Waals surface area contributed by atoms with E-state index < -0.39 is 33.2 Å². The zero-order valence-electron chi connectivity index (χ0n) is 19.0. The van der Waals surface area contributed by atoms with Gasteiger partial charge in [-0.05, 0) is 45.9 Å². The van der Waals surface area contributed by atoms with Crippen molar-refractivity contribution in [3.05, 3.63) is 33.8 Å². The van der Waals surface area contributed by atoms with Crippen LogP contribution in [-0.4, -0.2) is 61.2 Å². The highest BCUT2D eigenvalue weighted by molar-refractivity contribution is 7.89. The topological polar surface area (TPSA) is 130 Å². The lowest BCUT2D eigenvalue weighted by Crippen LogP contribution is -2.53. The van der Waals surface area contributed by atoms with Crippen molar-refractivity contribution in [2.75, 3.05) is 19.9 Å². The molecule has 0 aromatic carbocycles. The number of ether oxygens (including phenoxy) is 2. The number of aromatic nitrogens is 1. The first-order chi connectivity index (χ1) is 15.1. The first kappa shape index (κ1) is 25.1. The third kappa shape index (κ3) is 5.33. The first-order valence-electron chi connectivity index (χ1n) is 9.79. The van der Waals surface area contributed by atoms with Crippen molar-refractivity contribution in [1.82, 2.24) is 14.6 Å². The Labute approximate surface area is 201 Å². The van der Waals surface area contributed by atoms with Crippen LogP contribution in [0.25, 0.3) is 10.6 Å². The molecule has 0 saturated heterocycles. The molecule has 2 N–H and O–H groups in total. The number of aliphatic imine (C=N–C) groups is 1. The highest BCUT2D eigenvalue weighted by Crippen LogP contribution is 2.44. The number of thiophene rings is 1. The molecule has 1 aliphatic rings. The smallest absolute Gasteiger partial charge is 0.414 e. The van der Waals surface area contributed by atoms with Gasteiger partial charge in [-0.3, -0.25) is 5.32 Å². The Morgan fingerprint density at radius 3 is 2.61 bits per heavy atom. The van der Waals surface area contributed by atoms with E-state index >= 15 is 0 Å². The second-order valence-electron chi connectivity index (χ2n) is 8.62. The number of halogens is 1. The number of alkyl carbamates (subject to hydrolysis) is 1. The lowest BCUT2D eigenvalue weighted by atomic mass is 10.0. The maximum Gasteiger partial charge on any atom is 0.414 e. The van der Waals surface area contributed by atoms with Crippen LogP contribution in [0.1, 0.15) is 43.1 Å². The summed E-state index contributed by atoms with van der Waals surface area (Å²) in [6.45, 7) is 6.71. The summed E-state index contributed by atoms with van der Waals surface area (Å²) in [5.74, 6) is -1.04. The monoisotopic (exact) mass is 516 g/mol. The Morgan fingerprint density at radius 1 is 1.33 bits per heavy atom. The van der Waals surface area contributed by atoms with Crippen LogP contribution in [0.5, 0.6) is 0 Å². The van der Waals surface area contributed by atoms with Crippen molar-refractivity contribution in [2.24, 2.45) is 4.99 Å². The van der Waals surface area contributed by atoms with Gasteiger partial charge in [-0.2, -0.15) is 0 Å². The van der Waals surface area contributed by atoms with Crippen molar-refractivity contribution in [1.29, 1.82) is 0 Å². The summed E-state index contributed by atoms with van der Waals surface area (Å²) in [4.78, 5) is 32.7. The second kappa shape index (κ2) is 8.65. The van der Waals surface area contributed by atoms with Crippen LogP contribution in [0.15, 0.2) is 23.2 Å². The summed E-state index contributed by atoms with van der Waals surface area (Å²) in [5.41, 5.74) is -1.16. The molecule has 180 valence electrons. The average molecular weight is 517 g/mol. The van der Waals surface area contributed by atoms with Crippen molar-refractivity contribution in [3.8, 4) is 10.6 Å². The van der Waals surface area contributed by atoms with Gasteiger partial charge in [0.25, 0.3) is 0 Å². The quantitative estimate of drug-likeness (QED) is 0.600. The molecule has 0 unspecified atom stereocenters. The summed E-state index contributed by atoms with van der Waals surface area (Å²) < 4.78 is 36.7. The number of carbonyl (C=O) groups excluding carboxylic acids is 2. The number of nitrogens with one attached hydrogen (secondary N) is 2. The number of amides is 1. The van der Waals surface area contributed by atoms with E-state index in [1.807, 2.05) is 0 Å². The van der Waals surface area contributed by atoms with Gasteiger partial charge < -0.3 is 14.5 Å². The first-order valence-corrected chi connectivity index (χ1v) is 12.6. The average Bonchev–Trinajstić information content (AvgIpc) is 3.30. The number of hydrogen-bond acceptors (Lipinski definition) is 8. The molecule has 10 nitrogen and oxygen atoms in total. The third-order valence-corrected chi connectivity index (χ3v) is 8.44. The fourth-order valence-corrected chi connectivity index (χ4v) is 6.34. The number of H-pyrrole nitrogens is 1. The zero-order chi connectivity index (χ0) is 24.8. The Bertz CT molecular complexity index is 1230. The number of aromatic amines is 1. The zero-order valence-corrected chi connectivity index (χ0v) is 21.4. The highest BCUT2D eigenvalue weighted by Gasteiger charge is 2.44.